The lowest BCUT2D eigenvalue weighted by molar-refractivity contribution is -0.134. The first-order valence-corrected chi connectivity index (χ1v) is 5.54. The minimum Gasteiger partial charge on any atom is -0.490 e. The Morgan fingerprint density at radius 3 is 2.68 bits per heavy atom. The molecule has 0 atom stereocenters. The smallest absolute Gasteiger partial charge is 0.387 e. The van der Waals surface area contributed by atoms with E-state index in [1.54, 1.807) is 6.92 Å². The van der Waals surface area contributed by atoms with Crippen molar-refractivity contribution in [1.82, 2.24) is 0 Å². The summed E-state index contributed by atoms with van der Waals surface area (Å²) in [6, 6.07) is 4.38. The molecule has 0 heterocycles. The predicted molar refractivity (Wildman–Crippen MR) is 65.3 cm³/mol. The highest BCUT2D eigenvalue weighted by atomic mass is 19.3. The van der Waals surface area contributed by atoms with Crippen molar-refractivity contribution in [2.45, 2.75) is 13.5 Å². The van der Waals surface area contributed by atoms with Gasteiger partial charge in [0.1, 0.15) is 0 Å². The van der Waals surface area contributed by atoms with Crippen LogP contribution in [-0.2, 0) is 9.53 Å². The summed E-state index contributed by atoms with van der Waals surface area (Å²) in [6.45, 7) is -0.886. The third-order valence-corrected chi connectivity index (χ3v) is 2.10. The van der Waals surface area contributed by atoms with Crippen LogP contribution in [0.1, 0.15) is 12.5 Å². The van der Waals surface area contributed by atoms with E-state index in [9.17, 15) is 13.6 Å². The molecule has 0 unspecified atom stereocenters. The Bertz CT molecular complexity index is 458. The molecule has 0 aromatic heterocycles. The topological polar surface area (TPSA) is 44.8 Å². The SMILES string of the molecule is CCOc1cc(/C=C/C(=O)OC)ccc1OC(F)F. The Kier molecular flexibility index (Phi) is 5.78. The van der Waals surface area contributed by atoms with E-state index in [4.69, 9.17) is 4.74 Å². The zero-order chi connectivity index (χ0) is 14.3. The summed E-state index contributed by atoms with van der Waals surface area (Å²) in [5, 5.41) is 0. The van der Waals surface area contributed by atoms with Crippen LogP contribution in [0.3, 0.4) is 0 Å². The van der Waals surface area contributed by atoms with Gasteiger partial charge in [0.15, 0.2) is 11.5 Å². The second-order valence-electron chi connectivity index (χ2n) is 3.37. The maximum absolute atomic E-state index is 12.2. The Morgan fingerprint density at radius 2 is 2.11 bits per heavy atom. The number of rotatable bonds is 6. The number of carbonyl (C=O) groups excluding carboxylic acids is 1. The minimum absolute atomic E-state index is 0.0490. The highest BCUT2D eigenvalue weighted by molar-refractivity contribution is 5.87. The van der Waals surface area contributed by atoms with E-state index in [-0.39, 0.29) is 11.5 Å². The lowest BCUT2D eigenvalue weighted by atomic mass is 10.2. The fraction of sp³-hybridized carbons (Fsp3) is 0.308. The monoisotopic (exact) mass is 272 g/mol. The van der Waals surface area contributed by atoms with Crippen LogP contribution in [0.25, 0.3) is 6.08 Å². The normalized spacial score (nSPS) is 10.8. The fourth-order valence-electron chi connectivity index (χ4n) is 1.32. The summed E-state index contributed by atoms with van der Waals surface area (Å²) in [4.78, 5) is 10.9. The van der Waals surface area contributed by atoms with Gasteiger partial charge in [0.25, 0.3) is 0 Å². The number of esters is 1. The standard InChI is InChI=1S/C13H14F2O4/c1-3-18-11-8-9(5-7-12(16)17-2)4-6-10(11)19-13(14)15/h4-8,13H,3H2,1-2H3/b7-5+. The molecule has 0 saturated carbocycles. The van der Waals surface area contributed by atoms with Gasteiger partial charge in [-0.3, -0.25) is 0 Å². The summed E-state index contributed by atoms with van der Waals surface area (Å²) in [5.41, 5.74) is 0.607. The number of carbonyl (C=O) groups is 1. The van der Waals surface area contributed by atoms with Crippen molar-refractivity contribution in [2.75, 3.05) is 13.7 Å². The van der Waals surface area contributed by atoms with Gasteiger partial charge in [0, 0.05) is 6.08 Å². The summed E-state index contributed by atoms with van der Waals surface area (Å²) in [6.07, 6.45) is 2.71. The van der Waals surface area contributed by atoms with Crippen LogP contribution in [0.5, 0.6) is 11.5 Å². The lowest BCUT2D eigenvalue weighted by Crippen LogP contribution is -2.04. The molecule has 0 fully saturated rings. The molecule has 0 aliphatic heterocycles. The maximum Gasteiger partial charge on any atom is 0.387 e. The van der Waals surface area contributed by atoms with Crippen LogP contribution < -0.4 is 9.47 Å². The number of alkyl halides is 2. The Morgan fingerprint density at radius 1 is 1.37 bits per heavy atom. The van der Waals surface area contributed by atoms with Crippen molar-refractivity contribution in [1.29, 1.82) is 0 Å². The summed E-state index contributed by atoms with van der Waals surface area (Å²) in [7, 11) is 1.26. The predicted octanol–water partition coefficient (Wildman–Crippen LogP) is 2.87. The van der Waals surface area contributed by atoms with E-state index in [2.05, 4.69) is 9.47 Å². The van der Waals surface area contributed by atoms with Crippen LogP contribution in [0.15, 0.2) is 24.3 Å². The van der Waals surface area contributed by atoms with Gasteiger partial charge in [-0.15, -0.1) is 0 Å². The molecule has 1 rings (SSSR count). The van der Waals surface area contributed by atoms with Crippen molar-refractivity contribution in [3.05, 3.63) is 29.8 Å². The average Bonchev–Trinajstić information content (AvgIpc) is 2.38. The van der Waals surface area contributed by atoms with Crippen LogP contribution in [-0.4, -0.2) is 26.3 Å². The first-order chi connectivity index (χ1) is 9.06. The first-order valence-electron chi connectivity index (χ1n) is 5.54. The van der Waals surface area contributed by atoms with Gasteiger partial charge in [-0.2, -0.15) is 8.78 Å². The molecule has 0 bridgehead atoms. The van der Waals surface area contributed by atoms with Gasteiger partial charge in [-0.25, -0.2) is 4.79 Å². The van der Waals surface area contributed by atoms with Gasteiger partial charge >= 0.3 is 12.6 Å². The van der Waals surface area contributed by atoms with Gasteiger partial charge in [-0.1, -0.05) is 6.07 Å². The average molecular weight is 272 g/mol. The molecule has 0 N–H and O–H groups in total. The molecular formula is C13H14F2O4. The van der Waals surface area contributed by atoms with Crippen molar-refractivity contribution < 1.29 is 27.8 Å². The summed E-state index contributed by atoms with van der Waals surface area (Å²) in [5.74, 6) is -0.368. The van der Waals surface area contributed by atoms with E-state index in [1.165, 1.54) is 37.5 Å². The molecule has 4 nitrogen and oxygen atoms in total. The molecule has 0 radical (unpaired) electrons. The molecule has 0 aliphatic carbocycles. The third kappa shape index (κ3) is 4.95. The van der Waals surface area contributed by atoms with E-state index in [1.807, 2.05) is 0 Å². The zero-order valence-electron chi connectivity index (χ0n) is 10.6. The summed E-state index contributed by atoms with van der Waals surface area (Å²) < 4.78 is 38.4. The number of benzene rings is 1. The first kappa shape index (κ1) is 14.9. The van der Waals surface area contributed by atoms with Gasteiger partial charge in [0.2, 0.25) is 0 Å². The van der Waals surface area contributed by atoms with Crippen LogP contribution in [0.2, 0.25) is 0 Å². The second-order valence-corrected chi connectivity index (χ2v) is 3.37. The van der Waals surface area contributed by atoms with Crippen LogP contribution in [0, 0.1) is 0 Å². The van der Waals surface area contributed by atoms with E-state index in [0.717, 1.165) is 0 Å². The maximum atomic E-state index is 12.2. The number of hydrogen-bond acceptors (Lipinski definition) is 4. The van der Waals surface area contributed by atoms with Crippen molar-refractivity contribution in [3.8, 4) is 11.5 Å². The van der Waals surface area contributed by atoms with Crippen LogP contribution >= 0.6 is 0 Å². The van der Waals surface area contributed by atoms with Crippen molar-refractivity contribution >= 4 is 12.0 Å². The highest BCUT2D eigenvalue weighted by Crippen LogP contribution is 2.30. The quantitative estimate of drug-likeness (QED) is 0.590. The second kappa shape index (κ2) is 7.35. The number of halogens is 2. The zero-order valence-corrected chi connectivity index (χ0v) is 10.6. The van der Waals surface area contributed by atoms with Crippen LogP contribution in [0.4, 0.5) is 8.78 Å². The number of ether oxygens (including phenoxy) is 3. The highest BCUT2D eigenvalue weighted by Gasteiger charge is 2.10. The van der Waals surface area contributed by atoms with Gasteiger partial charge < -0.3 is 14.2 Å². The molecule has 0 amide bonds. The Hall–Kier alpha value is -2.11. The molecule has 1 aromatic carbocycles. The molecule has 104 valence electrons. The molecule has 6 heteroatoms. The Labute approximate surface area is 109 Å². The molecular weight excluding hydrogens is 258 g/mol. The van der Waals surface area contributed by atoms with E-state index in [0.29, 0.717) is 12.2 Å². The molecule has 19 heavy (non-hydrogen) atoms. The number of hydrogen-bond donors (Lipinski definition) is 0. The van der Waals surface area contributed by atoms with Gasteiger partial charge in [0.05, 0.1) is 13.7 Å². The fourth-order valence-corrected chi connectivity index (χ4v) is 1.32. The van der Waals surface area contributed by atoms with Crippen molar-refractivity contribution in [3.63, 3.8) is 0 Å². The summed E-state index contributed by atoms with van der Waals surface area (Å²) >= 11 is 0. The van der Waals surface area contributed by atoms with E-state index >= 15 is 0 Å². The molecule has 0 aliphatic rings. The largest absolute Gasteiger partial charge is 0.490 e. The van der Waals surface area contributed by atoms with Crippen molar-refractivity contribution in [2.24, 2.45) is 0 Å². The molecule has 0 saturated heterocycles. The number of methoxy groups -OCH3 is 1. The minimum atomic E-state index is -2.92. The van der Waals surface area contributed by atoms with Gasteiger partial charge in [-0.05, 0) is 30.7 Å². The Balaban J connectivity index is 2.94. The third-order valence-electron chi connectivity index (χ3n) is 2.10. The van der Waals surface area contributed by atoms with E-state index < -0.39 is 12.6 Å². The lowest BCUT2D eigenvalue weighted by Gasteiger charge is -2.11. The molecule has 0 spiro atoms. The molecule has 1 aromatic rings.